The maximum Gasteiger partial charge on any atom is 0.418 e. The van der Waals surface area contributed by atoms with Crippen LogP contribution in [0.4, 0.5) is 30.2 Å². The zero-order valence-electron chi connectivity index (χ0n) is 31.5. The smallest absolute Gasteiger partial charge is 0.418 e. The third-order valence-electron chi connectivity index (χ3n) is 10.6. The van der Waals surface area contributed by atoms with E-state index in [4.69, 9.17) is 14.2 Å². The third kappa shape index (κ3) is 9.71. The highest BCUT2D eigenvalue weighted by Gasteiger charge is 2.37. The molecule has 55 heavy (non-hydrogen) atoms. The van der Waals surface area contributed by atoms with Gasteiger partial charge in [0, 0.05) is 85.5 Å². The summed E-state index contributed by atoms with van der Waals surface area (Å²) < 4.78 is 61.6. The number of carbonyl (C=O) groups is 2. The lowest BCUT2D eigenvalue weighted by molar-refractivity contribution is -0.137. The molecule has 3 aromatic carbocycles. The van der Waals surface area contributed by atoms with E-state index in [1.807, 2.05) is 0 Å². The first kappa shape index (κ1) is 39.5. The van der Waals surface area contributed by atoms with E-state index in [0.717, 1.165) is 25.5 Å². The van der Waals surface area contributed by atoms with Crippen molar-refractivity contribution >= 4 is 40.3 Å². The van der Waals surface area contributed by atoms with Crippen molar-refractivity contribution < 1.29 is 37.0 Å². The lowest BCUT2D eigenvalue weighted by Crippen LogP contribution is -2.45. The summed E-state index contributed by atoms with van der Waals surface area (Å²) in [5.74, 6) is 1.97. The van der Waals surface area contributed by atoms with E-state index in [-0.39, 0.29) is 30.7 Å². The second-order valence-corrected chi connectivity index (χ2v) is 14.1. The molecular formula is C41H49F3N6O5. The van der Waals surface area contributed by atoms with Crippen LogP contribution < -0.4 is 34.6 Å². The van der Waals surface area contributed by atoms with Gasteiger partial charge in [0.05, 0.1) is 25.3 Å². The standard InChI is InChI=1S/C41H49F3N6O5/c1-48-19-5-4-7-29(48)11-13-40(52)47-28-15-20-49(21-16-28)36-12-10-31(24-34(36)41(42,43)44)50(22-18-45-27-51)30-8-6-9-32(23-30)55-37-14-17-46-35-26-39(54-3)38(53-2)25-33(35)37/h6,8-10,12,14,17,23-29H,4-5,7,11,13,15-16,18-22H2,1-3H3,(H,45,51)(H,47,52). The lowest BCUT2D eigenvalue weighted by atomic mass is 9.98. The van der Waals surface area contributed by atoms with Gasteiger partial charge in [-0.15, -0.1) is 0 Å². The van der Waals surface area contributed by atoms with Gasteiger partial charge in [-0.25, -0.2) is 0 Å². The number of ether oxygens (including phenoxy) is 3. The van der Waals surface area contributed by atoms with Crippen LogP contribution in [0.25, 0.3) is 10.9 Å². The summed E-state index contributed by atoms with van der Waals surface area (Å²) in [6.07, 6.45) is 3.39. The molecule has 2 amide bonds. The highest BCUT2D eigenvalue weighted by molar-refractivity contribution is 5.88. The van der Waals surface area contributed by atoms with Crippen LogP contribution >= 0.6 is 0 Å². The molecule has 14 heteroatoms. The largest absolute Gasteiger partial charge is 0.493 e. The minimum atomic E-state index is -4.63. The Balaban J connectivity index is 1.19. The maximum absolute atomic E-state index is 14.8. The highest BCUT2D eigenvalue weighted by Crippen LogP contribution is 2.42. The summed E-state index contributed by atoms with van der Waals surface area (Å²) in [6, 6.07) is 17.0. The fourth-order valence-corrected chi connectivity index (χ4v) is 7.59. The molecule has 1 atom stereocenters. The van der Waals surface area contributed by atoms with Crippen molar-refractivity contribution in [1.29, 1.82) is 0 Å². The van der Waals surface area contributed by atoms with Gasteiger partial charge in [-0.3, -0.25) is 14.6 Å². The topological polar surface area (TPSA) is 108 Å². The van der Waals surface area contributed by atoms with Crippen molar-refractivity contribution in [3.63, 3.8) is 0 Å². The number of likely N-dealkylation sites (tertiary alicyclic amines) is 1. The van der Waals surface area contributed by atoms with E-state index < -0.39 is 11.7 Å². The van der Waals surface area contributed by atoms with Crippen molar-refractivity contribution in [3.05, 3.63) is 72.4 Å². The van der Waals surface area contributed by atoms with Crippen molar-refractivity contribution in [3.8, 4) is 23.0 Å². The van der Waals surface area contributed by atoms with E-state index in [1.165, 1.54) is 26.0 Å². The zero-order chi connectivity index (χ0) is 39.0. The Morgan fingerprint density at radius 3 is 2.44 bits per heavy atom. The number of rotatable bonds is 15. The molecule has 294 valence electrons. The van der Waals surface area contributed by atoms with Gasteiger partial charge >= 0.3 is 6.18 Å². The molecular weight excluding hydrogens is 713 g/mol. The molecule has 6 rings (SSSR count). The molecule has 0 aliphatic carbocycles. The van der Waals surface area contributed by atoms with Gasteiger partial charge in [0.2, 0.25) is 12.3 Å². The predicted octanol–water partition coefficient (Wildman–Crippen LogP) is 7.30. The number of halogens is 3. The van der Waals surface area contributed by atoms with Crippen LogP contribution in [0.1, 0.15) is 50.5 Å². The van der Waals surface area contributed by atoms with Gasteiger partial charge in [-0.05, 0) is 88.2 Å². The molecule has 11 nitrogen and oxygen atoms in total. The molecule has 1 unspecified atom stereocenters. The number of hydrogen-bond donors (Lipinski definition) is 2. The monoisotopic (exact) mass is 762 g/mol. The average Bonchev–Trinajstić information content (AvgIpc) is 3.19. The fourth-order valence-electron chi connectivity index (χ4n) is 7.59. The molecule has 0 saturated carbocycles. The van der Waals surface area contributed by atoms with Crippen LogP contribution in [-0.2, 0) is 15.8 Å². The molecule has 2 saturated heterocycles. The number of aromatic nitrogens is 1. The number of benzene rings is 3. The lowest BCUT2D eigenvalue weighted by Gasteiger charge is -2.36. The van der Waals surface area contributed by atoms with Crippen molar-refractivity contribution in [2.45, 2.75) is 63.2 Å². The van der Waals surface area contributed by atoms with Crippen LogP contribution in [0.2, 0.25) is 0 Å². The number of nitrogens with zero attached hydrogens (tertiary/aromatic N) is 4. The number of amides is 2. The van der Waals surface area contributed by atoms with Gasteiger partial charge in [-0.1, -0.05) is 12.5 Å². The Bertz CT molecular complexity index is 1940. The number of hydrogen-bond acceptors (Lipinski definition) is 9. The van der Waals surface area contributed by atoms with E-state index in [1.54, 1.807) is 71.6 Å². The second-order valence-electron chi connectivity index (χ2n) is 14.1. The number of piperidine rings is 2. The predicted molar refractivity (Wildman–Crippen MR) is 207 cm³/mol. The van der Waals surface area contributed by atoms with Gasteiger partial charge in [0.25, 0.3) is 0 Å². The van der Waals surface area contributed by atoms with E-state index in [2.05, 4.69) is 27.6 Å². The first-order valence-electron chi connectivity index (χ1n) is 18.8. The highest BCUT2D eigenvalue weighted by atomic mass is 19.4. The Hall–Kier alpha value is -5.24. The number of carbonyl (C=O) groups excluding carboxylic acids is 2. The normalized spacial score (nSPS) is 16.8. The van der Waals surface area contributed by atoms with E-state index in [0.29, 0.717) is 90.1 Å². The first-order chi connectivity index (χ1) is 26.6. The van der Waals surface area contributed by atoms with E-state index in [9.17, 15) is 22.8 Å². The molecule has 0 bridgehead atoms. The third-order valence-corrected chi connectivity index (χ3v) is 10.6. The molecule has 2 aliphatic rings. The minimum Gasteiger partial charge on any atom is -0.493 e. The van der Waals surface area contributed by atoms with Crippen LogP contribution in [0.3, 0.4) is 0 Å². The van der Waals surface area contributed by atoms with Crippen molar-refractivity contribution in [1.82, 2.24) is 20.5 Å². The minimum absolute atomic E-state index is 0.00594. The van der Waals surface area contributed by atoms with Crippen LogP contribution in [0, 0.1) is 0 Å². The molecule has 2 aliphatic heterocycles. The number of nitrogens with one attached hydrogen (secondary N) is 2. The summed E-state index contributed by atoms with van der Waals surface area (Å²) in [6.45, 7) is 2.20. The maximum atomic E-state index is 14.8. The first-order valence-corrected chi connectivity index (χ1v) is 18.8. The van der Waals surface area contributed by atoms with E-state index >= 15 is 0 Å². The SMILES string of the molecule is COc1cc2nccc(Oc3cccc(N(CCNC=O)c4ccc(N5CCC(NC(=O)CCC6CCCCN6C)CC5)c(C(F)(F)F)c4)c3)c2cc1OC. The van der Waals surface area contributed by atoms with Crippen LogP contribution in [0.15, 0.2) is 66.9 Å². The number of alkyl halides is 3. The number of anilines is 3. The summed E-state index contributed by atoms with van der Waals surface area (Å²) >= 11 is 0. The van der Waals surface area contributed by atoms with Crippen LogP contribution in [0.5, 0.6) is 23.0 Å². The van der Waals surface area contributed by atoms with Gasteiger partial charge in [0.15, 0.2) is 11.5 Å². The quantitative estimate of drug-likeness (QED) is 0.0954. The molecule has 2 N–H and O–H groups in total. The fraction of sp³-hybridized carbons (Fsp3) is 0.439. The Labute approximate surface area is 319 Å². The van der Waals surface area contributed by atoms with Crippen molar-refractivity contribution in [2.24, 2.45) is 0 Å². The average molecular weight is 763 g/mol. The number of methoxy groups -OCH3 is 2. The summed E-state index contributed by atoms with van der Waals surface area (Å²) in [5, 5.41) is 6.42. The molecule has 1 aromatic heterocycles. The molecule has 3 heterocycles. The van der Waals surface area contributed by atoms with Crippen LogP contribution in [-0.4, -0.2) is 88.3 Å². The Morgan fingerprint density at radius 1 is 0.945 bits per heavy atom. The number of fused-ring (bicyclic) bond motifs is 1. The number of pyridine rings is 1. The van der Waals surface area contributed by atoms with Gasteiger partial charge in [-0.2, -0.15) is 13.2 Å². The van der Waals surface area contributed by atoms with Gasteiger partial charge in [0.1, 0.15) is 11.5 Å². The second kappa shape index (κ2) is 17.9. The summed E-state index contributed by atoms with van der Waals surface area (Å²) in [7, 11) is 5.19. The van der Waals surface area contributed by atoms with Gasteiger partial charge < -0.3 is 39.5 Å². The summed E-state index contributed by atoms with van der Waals surface area (Å²) in [4.78, 5) is 34.2. The van der Waals surface area contributed by atoms with Crippen molar-refractivity contribution in [2.75, 3.05) is 63.8 Å². The Morgan fingerprint density at radius 2 is 1.71 bits per heavy atom. The molecule has 2 fully saturated rings. The molecule has 0 spiro atoms. The molecule has 4 aromatic rings. The molecule has 0 radical (unpaired) electrons. The summed E-state index contributed by atoms with van der Waals surface area (Å²) in [5.41, 5.74) is 0.839. The zero-order valence-corrected chi connectivity index (χ0v) is 31.5. The Kier molecular flexibility index (Phi) is 12.9.